The van der Waals surface area contributed by atoms with Crippen LogP contribution in [0.3, 0.4) is 0 Å². The minimum atomic E-state index is -2.99. The largest absolute Gasteiger partial charge is 0.338 e. The van der Waals surface area contributed by atoms with E-state index < -0.39 is 9.84 Å². The quantitative estimate of drug-likeness (QED) is 0.780. The van der Waals surface area contributed by atoms with Crippen molar-refractivity contribution in [3.05, 3.63) is 11.8 Å². The van der Waals surface area contributed by atoms with Crippen LogP contribution in [0.2, 0.25) is 0 Å². The van der Waals surface area contributed by atoms with Crippen molar-refractivity contribution >= 4 is 21.7 Å². The van der Waals surface area contributed by atoms with Gasteiger partial charge in [0.15, 0.2) is 9.84 Å². The SMILES string of the molecule is CCCCCNC(=O)Nc1cc(C)nn1[C@@H]1CCS(=O)(=O)C1. The van der Waals surface area contributed by atoms with Gasteiger partial charge >= 0.3 is 6.03 Å². The zero-order chi connectivity index (χ0) is 16.2. The van der Waals surface area contributed by atoms with Gasteiger partial charge in [-0.15, -0.1) is 0 Å². The number of aromatic nitrogens is 2. The van der Waals surface area contributed by atoms with Gasteiger partial charge in [0.05, 0.1) is 23.2 Å². The molecule has 1 aromatic rings. The fraction of sp³-hybridized carbons (Fsp3) is 0.714. The summed E-state index contributed by atoms with van der Waals surface area (Å²) in [4.78, 5) is 11.9. The van der Waals surface area contributed by atoms with Gasteiger partial charge in [-0.2, -0.15) is 5.10 Å². The van der Waals surface area contributed by atoms with Crippen molar-refractivity contribution in [3.8, 4) is 0 Å². The van der Waals surface area contributed by atoms with Crippen LogP contribution in [0.5, 0.6) is 0 Å². The molecule has 0 aromatic carbocycles. The Kier molecular flexibility index (Phi) is 5.44. The summed E-state index contributed by atoms with van der Waals surface area (Å²) in [7, 11) is -2.99. The van der Waals surface area contributed by atoms with Gasteiger partial charge in [0.1, 0.15) is 5.82 Å². The molecule has 1 saturated heterocycles. The van der Waals surface area contributed by atoms with Crippen LogP contribution in [0.4, 0.5) is 10.6 Å². The second kappa shape index (κ2) is 7.13. The third-order valence-corrected chi connectivity index (χ3v) is 5.47. The third-order valence-electron chi connectivity index (χ3n) is 3.72. The maximum atomic E-state index is 11.9. The minimum absolute atomic E-state index is 0.0842. The van der Waals surface area contributed by atoms with Crippen molar-refractivity contribution in [2.45, 2.75) is 45.6 Å². The molecule has 1 aliphatic rings. The summed E-state index contributed by atoms with van der Waals surface area (Å²) in [5.41, 5.74) is 0.755. The molecule has 0 aliphatic carbocycles. The summed E-state index contributed by atoms with van der Waals surface area (Å²) >= 11 is 0. The van der Waals surface area contributed by atoms with Crippen LogP contribution in [0.25, 0.3) is 0 Å². The molecule has 7 nitrogen and oxygen atoms in total. The molecular weight excluding hydrogens is 304 g/mol. The van der Waals surface area contributed by atoms with Crippen molar-refractivity contribution in [1.29, 1.82) is 0 Å². The summed E-state index contributed by atoms with van der Waals surface area (Å²) in [5, 5.41) is 9.90. The number of hydrogen-bond acceptors (Lipinski definition) is 4. The molecule has 0 radical (unpaired) electrons. The number of rotatable bonds is 6. The number of sulfone groups is 1. The molecule has 0 unspecified atom stereocenters. The Labute approximate surface area is 131 Å². The maximum absolute atomic E-state index is 11.9. The van der Waals surface area contributed by atoms with Gasteiger partial charge in [-0.3, -0.25) is 5.32 Å². The van der Waals surface area contributed by atoms with Crippen LogP contribution >= 0.6 is 0 Å². The molecule has 1 aliphatic heterocycles. The van der Waals surface area contributed by atoms with E-state index in [1.54, 1.807) is 10.7 Å². The van der Waals surface area contributed by atoms with Crippen molar-refractivity contribution in [2.75, 3.05) is 23.4 Å². The van der Waals surface area contributed by atoms with Gasteiger partial charge in [-0.1, -0.05) is 19.8 Å². The lowest BCUT2D eigenvalue weighted by Crippen LogP contribution is -2.31. The lowest BCUT2D eigenvalue weighted by molar-refractivity contribution is 0.251. The number of aryl methyl sites for hydroxylation is 1. The van der Waals surface area contributed by atoms with Gasteiger partial charge in [0.2, 0.25) is 0 Å². The average Bonchev–Trinajstić information content (AvgIpc) is 2.97. The molecular formula is C14H24N4O3S. The monoisotopic (exact) mass is 328 g/mol. The Morgan fingerprint density at radius 2 is 2.23 bits per heavy atom. The molecule has 2 rings (SSSR count). The standard InChI is InChI=1S/C14H24N4O3S/c1-3-4-5-7-15-14(19)16-13-9-11(2)17-18(13)12-6-8-22(20,21)10-12/h9,12H,3-8,10H2,1-2H3,(H2,15,16,19)/t12-/m1/s1. The fourth-order valence-corrected chi connectivity index (χ4v) is 4.29. The highest BCUT2D eigenvalue weighted by Crippen LogP contribution is 2.27. The van der Waals surface area contributed by atoms with Gasteiger partial charge < -0.3 is 5.32 Å². The van der Waals surface area contributed by atoms with Crippen LogP contribution in [-0.4, -0.2) is 42.3 Å². The Morgan fingerprint density at radius 3 is 2.86 bits per heavy atom. The Morgan fingerprint density at radius 1 is 1.45 bits per heavy atom. The highest BCUT2D eigenvalue weighted by atomic mass is 32.2. The van der Waals surface area contributed by atoms with Crippen molar-refractivity contribution < 1.29 is 13.2 Å². The van der Waals surface area contributed by atoms with E-state index in [-0.39, 0.29) is 23.6 Å². The van der Waals surface area contributed by atoms with E-state index >= 15 is 0 Å². The molecule has 124 valence electrons. The minimum Gasteiger partial charge on any atom is -0.338 e. The molecule has 0 spiro atoms. The summed E-state index contributed by atoms with van der Waals surface area (Å²) in [6, 6.07) is 1.28. The number of urea groups is 1. The van der Waals surface area contributed by atoms with E-state index in [4.69, 9.17) is 0 Å². The van der Waals surface area contributed by atoms with Crippen molar-refractivity contribution in [1.82, 2.24) is 15.1 Å². The molecule has 2 heterocycles. The lowest BCUT2D eigenvalue weighted by atomic mass is 10.2. The first kappa shape index (κ1) is 16.8. The van der Waals surface area contributed by atoms with Crippen LogP contribution in [0.1, 0.15) is 44.3 Å². The first-order valence-electron chi connectivity index (χ1n) is 7.72. The maximum Gasteiger partial charge on any atom is 0.320 e. The van der Waals surface area contributed by atoms with Crippen LogP contribution in [-0.2, 0) is 9.84 Å². The Bertz CT molecular complexity index is 624. The van der Waals surface area contributed by atoms with E-state index in [1.807, 2.05) is 6.92 Å². The summed E-state index contributed by atoms with van der Waals surface area (Å²) in [6.45, 7) is 4.56. The van der Waals surface area contributed by atoms with E-state index in [9.17, 15) is 13.2 Å². The first-order valence-corrected chi connectivity index (χ1v) is 9.55. The highest BCUT2D eigenvalue weighted by Gasteiger charge is 2.31. The van der Waals surface area contributed by atoms with Gasteiger partial charge in [0, 0.05) is 12.6 Å². The zero-order valence-electron chi connectivity index (χ0n) is 13.1. The second-order valence-corrected chi connectivity index (χ2v) is 7.99. The number of amides is 2. The molecule has 1 fully saturated rings. The second-order valence-electron chi connectivity index (χ2n) is 5.76. The van der Waals surface area contributed by atoms with E-state index in [0.29, 0.717) is 18.8 Å². The molecule has 0 saturated carbocycles. The zero-order valence-corrected chi connectivity index (χ0v) is 13.9. The molecule has 0 bridgehead atoms. The Hall–Kier alpha value is -1.57. The molecule has 22 heavy (non-hydrogen) atoms. The third kappa shape index (κ3) is 4.46. The van der Waals surface area contributed by atoms with Crippen LogP contribution < -0.4 is 10.6 Å². The molecule has 2 N–H and O–H groups in total. The number of hydrogen-bond donors (Lipinski definition) is 2. The van der Waals surface area contributed by atoms with Crippen molar-refractivity contribution in [3.63, 3.8) is 0 Å². The molecule has 2 amide bonds. The smallest absolute Gasteiger partial charge is 0.320 e. The Balaban J connectivity index is 1.98. The first-order chi connectivity index (χ1) is 10.4. The molecule has 1 atom stereocenters. The molecule has 1 aromatic heterocycles. The molecule has 8 heteroatoms. The number of nitrogens with one attached hydrogen (secondary N) is 2. The number of carbonyl (C=O) groups excluding carboxylic acids is 1. The van der Waals surface area contributed by atoms with E-state index in [1.165, 1.54) is 0 Å². The number of unbranched alkanes of at least 4 members (excludes halogenated alkanes) is 2. The number of anilines is 1. The lowest BCUT2D eigenvalue weighted by Gasteiger charge is -2.14. The van der Waals surface area contributed by atoms with Gasteiger partial charge in [-0.05, 0) is 19.8 Å². The summed E-state index contributed by atoms with van der Waals surface area (Å²) < 4.78 is 24.9. The summed E-state index contributed by atoms with van der Waals surface area (Å²) in [6.07, 6.45) is 3.67. The topological polar surface area (TPSA) is 93.1 Å². The predicted octanol–water partition coefficient (Wildman–Crippen LogP) is 1.86. The van der Waals surface area contributed by atoms with E-state index in [0.717, 1.165) is 25.0 Å². The average molecular weight is 328 g/mol. The van der Waals surface area contributed by atoms with Crippen LogP contribution in [0.15, 0.2) is 6.07 Å². The normalized spacial score (nSPS) is 20.0. The summed E-state index contributed by atoms with van der Waals surface area (Å²) in [5.74, 6) is 0.813. The van der Waals surface area contributed by atoms with Gasteiger partial charge in [0.25, 0.3) is 0 Å². The number of carbonyl (C=O) groups is 1. The highest BCUT2D eigenvalue weighted by molar-refractivity contribution is 7.91. The van der Waals surface area contributed by atoms with Gasteiger partial charge in [-0.25, -0.2) is 17.9 Å². The van der Waals surface area contributed by atoms with Crippen molar-refractivity contribution in [2.24, 2.45) is 0 Å². The van der Waals surface area contributed by atoms with Crippen LogP contribution in [0, 0.1) is 6.92 Å². The number of nitrogens with zero attached hydrogens (tertiary/aromatic N) is 2. The predicted molar refractivity (Wildman–Crippen MR) is 85.8 cm³/mol. The van der Waals surface area contributed by atoms with E-state index in [2.05, 4.69) is 22.7 Å². The fourth-order valence-electron chi connectivity index (χ4n) is 2.59.